The molecule has 2 N–H and O–H groups in total. The van der Waals surface area contributed by atoms with Crippen LogP contribution in [-0.2, 0) is 6.54 Å². The van der Waals surface area contributed by atoms with Crippen LogP contribution in [-0.4, -0.2) is 45.1 Å². The average Bonchev–Trinajstić information content (AvgIpc) is 3.44. The Labute approximate surface area is 240 Å². The number of nitrogens with zero attached hydrogens (tertiary/aromatic N) is 5. The van der Waals surface area contributed by atoms with Gasteiger partial charge in [0.05, 0.1) is 11.9 Å². The molecule has 0 amide bonds. The van der Waals surface area contributed by atoms with Crippen molar-refractivity contribution in [1.29, 1.82) is 0 Å². The van der Waals surface area contributed by atoms with Crippen LogP contribution >= 0.6 is 0 Å². The highest BCUT2D eigenvalue weighted by Crippen LogP contribution is 2.29. The molecule has 0 aliphatic carbocycles. The number of benzene rings is 2. The molecule has 1 saturated heterocycles. The Bertz CT molecular complexity index is 1630. The third kappa shape index (κ3) is 6.28. The van der Waals surface area contributed by atoms with E-state index >= 15 is 0 Å². The van der Waals surface area contributed by atoms with E-state index in [4.69, 9.17) is 9.51 Å². The van der Waals surface area contributed by atoms with E-state index in [9.17, 15) is 0 Å². The Morgan fingerprint density at radius 1 is 0.951 bits per heavy atom. The van der Waals surface area contributed by atoms with Gasteiger partial charge in [0.1, 0.15) is 0 Å². The summed E-state index contributed by atoms with van der Waals surface area (Å²) < 4.78 is 5.41. The fourth-order valence-corrected chi connectivity index (χ4v) is 5.40. The van der Waals surface area contributed by atoms with E-state index in [0.717, 1.165) is 52.4 Å². The lowest BCUT2D eigenvalue weighted by molar-refractivity contribution is 0.251. The second kappa shape index (κ2) is 11.9. The van der Waals surface area contributed by atoms with E-state index in [2.05, 4.69) is 87.1 Å². The van der Waals surface area contributed by atoms with Crippen molar-refractivity contribution in [3.8, 4) is 22.6 Å². The zero-order valence-corrected chi connectivity index (χ0v) is 23.8. The summed E-state index contributed by atoms with van der Waals surface area (Å²) in [5.74, 6) is 1.87. The summed E-state index contributed by atoms with van der Waals surface area (Å²) in [6, 6.07) is 19.3. The number of piperidine rings is 1. The molecule has 6 rings (SSSR count). The van der Waals surface area contributed by atoms with Gasteiger partial charge in [0.15, 0.2) is 5.76 Å². The topological polar surface area (TPSA) is 92.0 Å². The molecule has 2 aromatic carbocycles. The molecule has 0 spiro atoms. The van der Waals surface area contributed by atoms with Crippen LogP contribution in [0.5, 0.6) is 0 Å². The second-order valence-electron chi connectivity index (χ2n) is 10.9. The SMILES string of the molecule is Cc1ccc(CNc2ccc(C3CCCN(C)C3)cc2)cc1Nc1nccc(-c2cncc(-c3oncc3C)c2)n1. The molecule has 0 radical (unpaired) electrons. The van der Waals surface area contributed by atoms with Gasteiger partial charge in [-0.05, 0) is 93.2 Å². The first-order valence-electron chi connectivity index (χ1n) is 14.1. The molecule has 0 bridgehead atoms. The smallest absolute Gasteiger partial charge is 0.227 e. The van der Waals surface area contributed by atoms with Crippen molar-refractivity contribution in [1.82, 2.24) is 25.0 Å². The van der Waals surface area contributed by atoms with Crippen molar-refractivity contribution >= 4 is 17.3 Å². The highest BCUT2D eigenvalue weighted by atomic mass is 16.5. The van der Waals surface area contributed by atoms with Crippen molar-refractivity contribution in [2.45, 2.75) is 39.2 Å². The minimum absolute atomic E-state index is 0.529. The summed E-state index contributed by atoms with van der Waals surface area (Å²) in [6.45, 7) is 7.11. The Morgan fingerprint density at radius 2 is 1.80 bits per heavy atom. The molecule has 208 valence electrons. The largest absolute Gasteiger partial charge is 0.381 e. The van der Waals surface area contributed by atoms with E-state index in [0.29, 0.717) is 17.6 Å². The zero-order valence-electron chi connectivity index (χ0n) is 23.8. The summed E-state index contributed by atoms with van der Waals surface area (Å²) in [5.41, 5.74) is 9.29. The molecule has 1 aliphatic rings. The molecule has 8 heteroatoms. The Balaban J connectivity index is 1.13. The minimum atomic E-state index is 0.529. The minimum Gasteiger partial charge on any atom is -0.381 e. The predicted octanol–water partition coefficient (Wildman–Crippen LogP) is 6.98. The maximum absolute atomic E-state index is 5.41. The molecule has 1 atom stereocenters. The molecule has 41 heavy (non-hydrogen) atoms. The van der Waals surface area contributed by atoms with Gasteiger partial charge in [0, 0.05) is 59.7 Å². The predicted molar refractivity (Wildman–Crippen MR) is 163 cm³/mol. The van der Waals surface area contributed by atoms with Crippen LogP contribution in [0.3, 0.4) is 0 Å². The van der Waals surface area contributed by atoms with Crippen molar-refractivity contribution in [3.05, 3.63) is 102 Å². The molecule has 1 aliphatic heterocycles. The standard InChI is InChI=1S/C33H35N7O/c1-22-6-7-24(18-36-29-10-8-25(9-11-29)26-5-4-14-40(3)21-26)15-31(22)39-33-35-13-12-30(38-33)27-16-28(20-34-19-27)32-23(2)17-37-41-32/h6-13,15-17,19-20,26,36H,4-5,14,18,21H2,1-3H3,(H,35,38,39). The first kappa shape index (κ1) is 26.7. The lowest BCUT2D eigenvalue weighted by Gasteiger charge is -2.30. The van der Waals surface area contributed by atoms with Gasteiger partial charge in [0.2, 0.25) is 5.95 Å². The summed E-state index contributed by atoms with van der Waals surface area (Å²) in [4.78, 5) is 16.1. The molecule has 8 nitrogen and oxygen atoms in total. The number of hydrogen-bond acceptors (Lipinski definition) is 8. The van der Waals surface area contributed by atoms with Gasteiger partial charge in [-0.2, -0.15) is 0 Å². The van der Waals surface area contributed by atoms with Gasteiger partial charge in [0.25, 0.3) is 0 Å². The van der Waals surface area contributed by atoms with Crippen LogP contribution in [0.2, 0.25) is 0 Å². The van der Waals surface area contributed by atoms with Crippen LogP contribution in [0.25, 0.3) is 22.6 Å². The highest BCUT2D eigenvalue weighted by Gasteiger charge is 2.18. The van der Waals surface area contributed by atoms with Gasteiger partial charge in [-0.25, -0.2) is 9.97 Å². The summed E-state index contributed by atoms with van der Waals surface area (Å²) in [6.07, 6.45) is 9.56. The fraction of sp³-hybridized carbons (Fsp3) is 0.273. The second-order valence-corrected chi connectivity index (χ2v) is 10.9. The summed E-state index contributed by atoms with van der Waals surface area (Å²) in [7, 11) is 2.22. The van der Waals surface area contributed by atoms with Crippen LogP contribution in [0.4, 0.5) is 17.3 Å². The third-order valence-electron chi connectivity index (χ3n) is 7.75. The van der Waals surface area contributed by atoms with Crippen LogP contribution in [0.15, 0.2) is 83.9 Å². The number of likely N-dealkylation sites (tertiary alicyclic amines) is 1. The van der Waals surface area contributed by atoms with Crippen molar-refractivity contribution in [2.24, 2.45) is 0 Å². The first-order valence-corrected chi connectivity index (χ1v) is 14.1. The molecule has 4 heterocycles. The maximum Gasteiger partial charge on any atom is 0.227 e. The van der Waals surface area contributed by atoms with E-state index in [1.807, 2.05) is 19.1 Å². The molecule has 1 unspecified atom stereocenters. The molecule has 1 fully saturated rings. The number of rotatable bonds is 8. The lowest BCUT2D eigenvalue weighted by atomic mass is 9.91. The number of pyridine rings is 1. The summed E-state index contributed by atoms with van der Waals surface area (Å²) in [5, 5.41) is 10.9. The number of anilines is 3. The number of nitrogens with one attached hydrogen (secondary N) is 2. The third-order valence-corrected chi connectivity index (χ3v) is 7.75. The molecule has 0 saturated carbocycles. The van der Waals surface area contributed by atoms with E-state index in [1.54, 1.807) is 24.8 Å². The van der Waals surface area contributed by atoms with Gasteiger partial charge < -0.3 is 20.1 Å². The van der Waals surface area contributed by atoms with Gasteiger partial charge in [-0.3, -0.25) is 4.98 Å². The Morgan fingerprint density at radius 3 is 2.61 bits per heavy atom. The summed E-state index contributed by atoms with van der Waals surface area (Å²) >= 11 is 0. The zero-order chi connectivity index (χ0) is 28.2. The first-order chi connectivity index (χ1) is 20.0. The van der Waals surface area contributed by atoms with E-state index in [-0.39, 0.29) is 0 Å². The van der Waals surface area contributed by atoms with Crippen molar-refractivity contribution in [3.63, 3.8) is 0 Å². The van der Waals surface area contributed by atoms with Crippen molar-refractivity contribution < 1.29 is 4.52 Å². The highest BCUT2D eigenvalue weighted by molar-refractivity contribution is 5.69. The molecule has 5 aromatic rings. The fourth-order valence-electron chi connectivity index (χ4n) is 5.40. The quantitative estimate of drug-likeness (QED) is 0.216. The monoisotopic (exact) mass is 545 g/mol. The maximum atomic E-state index is 5.41. The number of hydrogen-bond donors (Lipinski definition) is 2. The average molecular weight is 546 g/mol. The van der Waals surface area contributed by atoms with E-state index < -0.39 is 0 Å². The lowest BCUT2D eigenvalue weighted by Crippen LogP contribution is -2.30. The van der Waals surface area contributed by atoms with Crippen LogP contribution < -0.4 is 10.6 Å². The molecular weight excluding hydrogens is 510 g/mol. The van der Waals surface area contributed by atoms with Gasteiger partial charge in [-0.15, -0.1) is 0 Å². The van der Waals surface area contributed by atoms with Crippen LogP contribution in [0, 0.1) is 13.8 Å². The number of likely N-dealkylation sites (N-methyl/N-ethyl adjacent to an activating group) is 1. The molecular formula is C33H35N7O. The normalized spacial score (nSPS) is 15.5. The van der Waals surface area contributed by atoms with E-state index in [1.165, 1.54) is 30.5 Å². The van der Waals surface area contributed by atoms with Gasteiger partial charge >= 0.3 is 0 Å². The Hall–Kier alpha value is -4.56. The van der Waals surface area contributed by atoms with Gasteiger partial charge in [-0.1, -0.05) is 29.4 Å². The molecule has 3 aromatic heterocycles. The number of aryl methyl sites for hydroxylation is 2. The van der Waals surface area contributed by atoms with Crippen molar-refractivity contribution in [2.75, 3.05) is 30.8 Å². The number of aromatic nitrogens is 4. The Kier molecular flexibility index (Phi) is 7.73. The van der Waals surface area contributed by atoms with Crippen LogP contribution in [0.1, 0.15) is 41.0 Å².